The predicted octanol–water partition coefficient (Wildman–Crippen LogP) is 2.45. The van der Waals surface area contributed by atoms with Crippen molar-refractivity contribution in [2.24, 2.45) is 0 Å². The monoisotopic (exact) mass is 297 g/mol. The number of hydrogen-bond acceptors (Lipinski definition) is 5. The van der Waals surface area contributed by atoms with Crippen molar-refractivity contribution in [2.45, 2.75) is 25.7 Å². The standard InChI is InChI=1S/C12H15N3O2S2/c1-7-4-10(5-11(13)9(7)3)19(16,17)15-12-14-8(2)6-18-12/h4-6H,13H2,1-3H3,(H,14,15). The van der Waals surface area contributed by atoms with Crippen LogP contribution < -0.4 is 10.5 Å². The van der Waals surface area contributed by atoms with E-state index >= 15 is 0 Å². The van der Waals surface area contributed by atoms with Gasteiger partial charge in [0.25, 0.3) is 10.0 Å². The lowest BCUT2D eigenvalue weighted by Gasteiger charge is -2.10. The Hall–Kier alpha value is -1.60. The molecule has 0 aliphatic carbocycles. The van der Waals surface area contributed by atoms with Gasteiger partial charge in [-0.05, 0) is 44.0 Å². The summed E-state index contributed by atoms with van der Waals surface area (Å²) in [7, 11) is -3.64. The summed E-state index contributed by atoms with van der Waals surface area (Å²) in [6, 6.07) is 3.07. The molecule has 0 bridgehead atoms. The number of nitrogen functional groups attached to an aromatic ring is 1. The van der Waals surface area contributed by atoms with Gasteiger partial charge in [0, 0.05) is 11.1 Å². The molecule has 0 saturated carbocycles. The van der Waals surface area contributed by atoms with Crippen LogP contribution in [0.5, 0.6) is 0 Å². The quantitative estimate of drug-likeness (QED) is 0.852. The molecule has 0 saturated heterocycles. The molecule has 0 fully saturated rings. The maximum absolute atomic E-state index is 12.2. The summed E-state index contributed by atoms with van der Waals surface area (Å²) in [6.45, 7) is 5.50. The second-order valence-electron chi connectivity index (χ2n) is 4.35. The summed E-state index contributed by atoms with van der Waals surface area (Å²) in [6.07, 6.45) is 0. The van der Waals surface area contributed by atoms with Crippen LogP contribution >= 0.6 is 11.3 Å². The molecule has 0 atom stereocenters. The van der Waals surface area contributed by atoms with Gasteiger partial charge in [0.15, 0.2) is 5.13 Å². The van der Waals surface area contributed by atoms with Crippen molar-refractivity contribution >= 4 is 32.2 Å². The molecule has 0 amide bonds. The van der Waals surface area contributed by atoms with Crippen LogP contribution in [0.1, 0.15) is 16.8 Å². The Morgan fingerprint density at radius 1 is 1.26 bits per heavy atom. The maximum atomic E-state index is 12.2. The zero-order chi connectivity index (χ0) is 14.2. The van der Waals surface area contributed by atoms with Crippen LogP contribution in [0.2, 0.25) is 0 Å². The van der Waals surface area contributed by atoms with E-state index in [1.165, 1.54) is 17.4 Å². The Balaban J connectivity index is 2.40. The number of nitrogens with two attached hydrogens (primary N) is 1. The highest BCUT2D eigenvalue weighted by Gasteiger charge is 2.17. The van der Waals surface area contributed by atoms with E-state index in [0.29, 0.717) is 10.8 Å². The average molecular weight is 297 g/mol. The van der Waals surface area contributed by atoms with E-state index in [2.05, 4.69) is 9.71 Å². The van der Waals surface area contributed by atoms with Crippen molar-refractivity contribution in [2.75, 3.05) is 10.5 Å². The number of nitrogens with one attached hydrogen (secondary N) is 1. The molecule has 5 nitrogen and oxygen atoms in total. The van der Waals surface area contributed by atoms with Crippen LogP contribution in [-0.4, -0.2) is 13.4 Å². The minimum atomic E-state index is -3.64. The number of benzene rings is 1. The number of rotatable bonds is 3. The fraction of sp³-hybridized carbons (Fsp3) is 0.250. The van der Waals surface area contributed by atoms with Gasteiger partial charge >= 0.3 is 0 Å². The van der Waals surface area contributed by atoms with Gasteiger partial charge in [-0.25, -0.2) is 13.4 Å². The minimum Gasteiger partial charge on any atom is -0.398 e. The third kappa shape index (κ3) is 2.87. The lowest BCUT2D eigenvalue weighted by Crippen LogP contribution is -2.13. The second kappa shape index (κ2) is 4.82. The maximum Gasteiger partial charge on any atom is 0.263 e. The van der Waals surface area contributed by atoms with Gasteiger partial charge < -0.3 is 5.73 Å². The van der Waals surface area contributed by atoms with Gasteiger partial charge in [-0.15, -0.1) is 11.3 Å². The molecule has 2 rings (SSSR count). The number of thiazole rings is 1. The second-order valence-corrected chi connectivity index (χ2v) is 6.89. The van der Waals surface area contributed by atoms with E-state index in [1.54, 1.807) is 11.4 Å². The fourth-order valence-corrected chi connectivity index (χ4v) is 3.64. The van der Waals surface area contributed by atoms with Gasteiger partial charge in [0.05, 0.1) is 10.6 Å². The molecule has 102 valence electrons. The van der Waals surface area contributed by atoms with Crippen molar-refractivity contribution in [1.82, 2.24) is 4.98 Å². The smallest absolute Gasteiger partial charge is 0.263 e. The molecule has 1 aromatic heterocycles. The first kappa shape index (κ1) is 13.8. The van der Waals surface area contributed by atoms with Crippen LogP contribution in [0, 0.1) is 20.8 Å². The molecule has 1 heterocycles. The van der Waals surface area contributed by atoms with Crippen LogP contribution in [0.25, 0.3) is 0 Å². The Labute approximate surface area is 116 Å². The van der Waals surface area contributed by atoms with Crippen LogP contribution in [0.15, 0.2) is 22.4 Å². The summed E-state index contributed by atoms with van der Waals surface area (Å²) in [5, 5.41) is 2.14. The third-order valence-electron chi connectivity index (χ3n) is 2.83. The van der Waals surface area contributed by atoms with Crippen molar-refractivity contribution in [3.8, 4) is 0 Å². The SMILES string of the molecule is Cc1csc(NS(=O)(=O)c2cc(C)c(C)c(N)c2)n1. The molecule has 0 unspecified atom stereocenters. The van der Waals surface area contributed by atoms with Crippen LogP contribution in [-0.2, 0) is 10.0 Å². The first-order valence-electron chi connectivity index (χ1n) is 5.61. The van der Waals surface area contributed by atoms with Crippen LogP contribution in [0.4, 0.5) is 10.8 Å². The molecular weight excluding hydrogens is 282 g/mol. The number of sulfonamides is 1. The molecular formula is C12H15N3O2S2. The summed E-state index contributed by atoms with van der Waals surface area (Å²) in [4.78, 5) is 4.23. The summed E-state index contributed by atoms with van der Waals surface area (Å²) < 4.78 is 26.9. The first-order chi connectivity index (χ1) is 8.79. The molecule has 1 aromatic carbocycles. The summed E-state index contributed by atoms with van der Waals surface area (Å²) >= 11 is 1.25. The topological polar surface area (TPSA) is 85.1 Å². The van der Waals surface area contributed by atoms with Gasteiger partial charge in [0.1, 0.15) is 0 Å². The average Bonchev–Trinajstić information content (AvgIpc) is 2.70. The third-order valence-corrected chi connectivity index (χ3v) is 5.16. The van der Waals surface area contributed by atoms with E-state index in [9.17, 15) is 8.42 Å². The number of anilines is 2. The molecule has 0 aliphatic rings. The van der Waals surface area contributed by atoms with Crippen molar-refractivity contribution in [3.05, 3.63) is 34.3 Å². The highest BCUT2D eigenvalue weighted by Crippen LogP contribution is 2.24. The Morgan fingerprint density at radius 3 is 2.47 bits per heavy atom. The van der Waals surface area contributed by atoms with E-state index in [0.717, 1.165) is 16.8 Å². The van der Waals surface area contributed by atoms with E-state index in [4.69, 9.17) is 5.73 Å². The van der Waals surface area contributed by atoms with E-state index in [-0.39, 0.29) is 4.90 Å². The van der Waals surface area contributed by atoms with E-state index in [1.807, 2.05) is 20.8 Å². The molecule has 3 N–H and O–H groups in total. The van der Waals surface area contributed by atoms with Gasteiger partial charge in [-0.3, -0.25) is 4.72 Å². The first-order valence-corrected chi connectivity index (χ1v) is 7.97. The van der Waals surface area contributed by atoms with Gasteiger partial charge in [-0.2, -0.15) is 0 Å². The van der Waals surface area contributed by atoms with Gasteiger partial charge in [-0.1, -0.05) is 0 Å². The molecule has 0 aliphatic heterocycles. The lowest BCUT2D eigenvalue weighted by molar-refractivity contribution is 0.601. The zero-order valence-corrected chi connectivity index (χ0v) is 12.5. The van der Waals surface area contributed by atoms with Crippen molar-refractivity contribution in [1.29, 1.82) is 0 Å². The molecule has 19 heavy (non-hydrogen) atoms. The molecule has 2 aromatic rings. The van der Waals surface area contributed by atoms with Gasteiger partial charge in [0.2, 0.25) is 0 Å². The predicted molar refractivity (Wildman–Crippen MR) is 78.0 cm³/mol. The van der Waals surface area contributed by atoms with E-state index < -0.39 is 10.0 Å². The molecule has 0 radical (unpaired) electrons. The fourth-order valence-electron chi connectivity index (χ4n) is 1.58. The summed E-state index contributed by atoms with van der Waals surface area (Å²) in [5.74, 6) is 0. The zero-order valence-electron chi connectivity index (χ0n) is 10.9. The number of aryl methyl sites for hydroxylation is 2. The highest BCUT2D eigenvalue weighted by atomic mass is 32.2. The lowest BCUT2D eigenvalue weighted by atomic mass is 10.1. The largest absolute Gasteiger partial charge is 0.398 e. The molecule has 7 heteroatoms. The number of nitrogens with zero attached hydrogens (tertiary/aromatic N) is 1. The minimum absolute atomic E-state index is 0.154. The Morgan fingerprint density at radius 2 is 1.95 bits per heavy atom. The van der Waals surface area contributed by atoms with Crippen molar-refractivity contribution in [3.63, 3.8) is 0 Å². The number of aromatic nitrogens is 1. The Bertz CT molecular complexity index is 697. The Kier molecular flexibility index (Phi) is 3.51. The highest BCUT2D eigenvalue weighted by molar-refractivity contribution is 7.93. The summed E-state index contributed by atoms with van der Waals surface area (Å²) in [5.41, 5.74) is 8.79. The van der Waals surface area contributed by atoms with Crippen molar-refractivity contribution < 1.29 is 8.42 Å². The van der Waals surface area contributed by atoms with Crippen LogP contribution in [0.3, 0.4) is 0 Å². The normalized spacial score (nSPS) is 11.5. The molecule has 0 spiro atoms. The number of hydrogen-bond donors (Lipinski definition) is 2.